The van der Waals surface area contributed by atoms with Gasteiger partial charge >= 0.3 is 5.97 Å². The number of carbonyl (C=O) groups is 4. The molecule has 0 rings (SSSR count). The first-order valence-electron chi connectivity index (χ1n) is 8.14. The number of hydrogen-bond acceptors (Lipinski definition) is 7. The third-order valence-corrected chi connectivity index (χ3v) is 3.73. The van der Waals surface area contributed by atoms with Gasteiger partial charge in [0.05, 0.1) is 18.7 Å². The van der Waals surface area contributed by atoms with Gasteiger partial charge in [0.2, 0.25) is 17.7 Å². The van der Waals surface area contributed by atoms with Gasteiger partial charge in [0.25, 0.3) is 0 Å². The number of carboxylic acids is 1. The summed E-state index contributed by atoms with van der Waals surface area (Å²) in [6, 6.07) is -3.26. The van der Waals surface area contributed by atoms with Gasteiger partial charge in [-0.1, -0.05) is 13.8 Å². The number of thiol groups is 1. The molecule has 0 aliphatic heterocycles. The van der Waals surface area contributed by atoms with Crippen molar-refractivity contribution in [2.24, 2.45) is 11.7 Å². The molecule has 0 saturated carbocycles. The molecule has 10 nitrogen and oxygen atoms in total. The van der Waals surface area contributed by atoms with E-state index in [4.69, 9.17) is 10.8 Å². The number of rotatable bonds is 11. The third kappa shape index (κ3) is 9.02. The van der Waals surface area contributed by atoms with Crippen LogP contribution in [-0.4, -0.2) is 70.4 Å². The maximum absolute atomic E-state index is 12.1. The summed E-state index contributed by atoms with van der Waals surface area (Å²) in [4.78, 5) is 46.6. The predicted molar refractivity (Wildman–Crippen MR) is 97.5 cm³/mol. The van der Waals surface area contributed by atoms with Crippen LogP contribution in [0.5, 0.6) is 0 Å². The molecule has 3 amide bonds. The van der Waals surface area contributed by atoms with Crippen LogP contribution in [0.1, 0.15) is 27.2 Å². The minimum Gasteiger partial charge on any atom is -0.480 e. The van der Waals surface area contributed by atoms with E-state index in [1.807, 2.05) is 13.8 Å². The molecule has 4 unspecified atom stereocenters. The summed E-state index contributed by atoms with van der Waals surface area (Å²) in [5.41, 5.74) is 5.74. The van der Waals surface area contributed by atoms with Crippen molar-refractivity contribution in [2.75, 3.05) is 12.3 Å². The van der Waals surface area contributed by atoms with E-state index in [9.17, 15) is 24.3 Å². The third-order valence-electron chi connectivity index (χ3n) is 3.37. The number of hydrogen-bond donors (Lipinski definition) is 7. The molecule has 0 spiro atoms. The molecule has 0 bridgehead atoms. The molecule has 0 fully saturated rings. The minimum absolute atomic E-state index is 0.0149. The molecule has 7 N–H and O–H groups in total. The second-order valence-corrected chi connectivity index (χ2v) is 6.69. The van der Waals surface area contributed by atoms with Gasteiger partial charge in [-0.2, -0.15) is 12.6 Å². The van der Waals surface area contributed by atoms with Gasteiger partial charge in [0.1, 0.15) is 6.04 Å². The van der Waals surface area contributed by atoms with E-state index in [2.05, 4.69) is 28.6 Å². The second-order valence-electron chi connectivity index (χ2n) is 6.32. The van der Waals surface area contributed by atoms with Crippen LogP contribution in [0.2, 0.25) is 0 Å². The van der Waals surface area contributed by atoms with Crippen LogP contribution < -0.4 is 21.7 Å². The lowest BCUT2D eigenvalue weighted by Crippen LogP contribution is -2.55. The molecule has 0 aromatic rings. The summed E-state index contributed by atoms with van der Waals surface area (Å²) in [7, 11) is 0. The molecule has 26 heavy (non-hydrogen) atoms. The monoisotopic (exact) mass is 392 g/mol. The topological polar surface area (TPSA) is 171 Å². The lowest BCUT2D eigenvalue weighted by molar-refractivity contribution is -0.144. The number of nitrogens with two attached hydrogens (primary N) is 1. The standard InChI is InChI=1S/C15H28N4O6S/c1-7(2)4-9(16)13(22)18-10(6-26)14(23)17-5-11(21)19-12(8(3)20)15(24)25/h7-10,12,20,26H,4-6,16H2,1-3H3,(H,17,23)(H,18,22)(H,19,21)(H,24,25). The number of aliphatic hydroxyl groups excluding tert-OH is 1. The van der Waals surface area contributed by atoms with Crippen LogP contribution >= 0.6 is 12.6 Å². The van der Waals surface area contributed by atoms with Crippen molar-refractivity contribution in [3.05, 3.63) is 0 Å². The van der Waals surface area contributed by atoms with Gasteiger partial charge < -0.3 is 31.9 Å². The highest BCUT2D eigenvalue weighted by Gasteiger charge is 2.26. The molecule has 0 aliphatic carbocycles. The first kappa shape index (κ1) is 24.1. The molecule has 4 atom stereocenters. The Labute approximate surface area is 157 Å². The van der Waals surface area contributed by atoms with Gasteiger partial charge in [-0.15, -0.1) is 0 Å². The molecule has 0 radical (unpaired) electrons. The van der Waals surface area contributed by atoms with Crippen LogP contribution in [-0.2, 0) is 19.2 Å². The Morgan fingerprint density at radius 3 is 2.08 bits per heavy atom. The molecule has 0 heterocycles. The maximum atomic E-state index is 12.1. The first-order chi connectivity index (χ1) is 12.0. The Hall–Kier alpha value is -1.85. The number of aliphatic hydroxyl groups is 1. The molecular formula is C15H28N4O6S. The summed E-state index contributed by atoms with van der Waals surface area (Å²) in [6.07, 6.45) is -0.857. The van der Waals surface area contributed by atoms with Crippen molar-refractivity contribution in [3.8, 4) is 0 Å². The average molecular weight is 392 g/mol. The zero-order valence-electron chi connectivity index (χ0n) is 15.1. The van der Waals surface area contributed by atoms with E-state index >= 15 is 0 Å². The van der Waals surface area contributed by atoms with Gasteiger partial charge in [-0.25, -0.2) is 4.79 Å². The highest BCUT2D eigenvalue weighted by molar-refractivity contribution is 7.80. The number of carboxylic acid groups (broad SMARTS) is 1. The SMILES string of the molecule is CC(C)CC(N)C(=O)NC(CS)C(=O)NCC(=O)NC(C(=O)O)C(C)O. The zero-order chi connectivity index (χ0) is 20.4. The van der Waals surface area contributed by atoms with Crippen LogP contribution in [0.3, 0.4) is 0 Å². The molecular weight excluding hydrogens is 364 g/mol. The number of carbonyl (C=O) groups excluding carboxylic acids is 3. The smallest absolute Gasteiger partial charge is 0.328 e. The normalized spacial score (nSPS) is 15.5. The fraction of sp³-hybridized carbons (Fsp3) is 0.733. The summed E-state index contributed by atoms with van der Waals surface area (Å²) in [6.45, 7) is 4.51. The van der Waals surface area contributed by atoms with E-state index < -0.39 is 54.5 Å². The van der Waals surface area contributed by atoms with E-state index in [-0.39, 0.29) is 11.7 Å². The Morgan fingerprint density at radius 1 is 1.08 bits per heavy atom. The lowest BCUT2D eigenvalue weighted by Gasteiger charge is -2.20. The average Bonchev–Trinajstić information content (AvgIpc) is 2.53. The summed E-state index contributed by atoms with van der Waals surface area (Å²) < 4.78 is 0. The highest BCUT2D eigenvalue weighted by Crippen LogP contribution is 2.03. The van der Waals surface area contributed by atoms with Crippen LogP contribution in [0, 0.1) is 5.92 Å². The van der Waals surface area contributed by atoms with Crippen LogP contribution in [0.15, 0.2) is 0 Å². The first-order valence-corrected chi connectivity index (χ1v) is 8.77. The fourth-order valence-electron chi connectivity index (χ4n) is 1.99. The van der Waals surface area contributed by atoms with Crippen molar-refractivity contribution in [1.29, 1.82) is 0 Å². The van der Waals surface area contributed by atoms with Gasteiger partial charge in [-0.05, 0) is 19.3 Å². The van der Waals surface area contributed by atoms with E-state index in [1.165, 1.54) is 6.92 Å². The maximum Gasteiger partial charge on any atom is 0.328 e. The molecule has 0 aromatic heterocycles. The van der Waals surface area contributed by atoms with Gasteiger partial charge in [0.15, 0.2) is 6.04 Å². The van der Waals surface area contributed by atoms with E-state index in [0.29, 0.717) is 6.42 Å². The van der Waals surface area contributed by atoms with Crippen molar-refractivity contribution >= 4 is 36.3 Å². The fourth-order valence-corrected chi connectivity index (χ4v) is 2.25. The number of aliphatic carboxylic acids is 1. The Bertz CT molecular complexity index is 514. The Morgan fingerprint density at radius 2 is 1.65 bits per heavy atom. The molecule has 150 valence electrons. The van der Waals surface area contributed by atoms with Crippen molar-refractivity contribution in [2.45, 2.75) is 51.4 Å². The van der Waals surface area contributed by atoms with Gasteiger partial charge in [0, 0.05) is 5.75 Å². The Balaban J connectivity index is 4.56. The van der Waals surface area contributed by atoms with Crippen LogP contribution in [0.4, 0.5) is 0 Å². The zero-order valence-corrected chi connectivity index (χ0v) is 16.0. The Kier molecular flexibility index (Phi) is 10.9. The lowest BCUT2D eigenvalue weighted by atomic mass is 10.0. The van der Waals surface area contributed by atoms with Crippen molar-refractivity contribution in [1.82, 2.24) is 16.0 Å². The van der Waals surface area contributed by atoms with Crippen LogP contribution in [0.25, 0.3) is 0 Å². The molecule has 0 saturated heterocycles. The second kappa shape index (κ2) is 11.7. The van der Waals surface area contributed by atoms with Crippen molar-refractivity contribution in [3.63, 3.8) is 0 Å². The summed E-state index contributed by atoms with van der Waals surface area (Å²) in [5, 5.41) is 25.0. The summed E-state index contributed by atoms with van der Waals surface area (Å²) in [5.74, 6) is -3.17. The molecule has 0 aliphatic rings. The molecule has 11 heteroatoms. The minimum atomic E-state index is -1.49. The van der Waals surface area contributed by atoms with Crippen molar-refractivity contribution < 1.29 is 29.4 Å². The van der Waals surface area contributed by atoms with E-state index in [0.717, 1.165) is 0 Å². The largest absolute Gasteiger partial charge is 0.480 e. The molecule has 0 aromatic carbocycles. The van der Waals surface area contributed by atoms with Gasteiger partial charge in [-0.3, -0.25) is 14.4 Å². The summed E-state index contributed by atoms with van der Waals surface area (Å²) >= 11 is 3.99. The quantitative estimate of drug-likeness (QED) is 0.196. The number of nitrogens with one attached hydrogen (secondary N) is 3. The van der Waals surface area contributed by atoms with E-state index in [1.54, 1.807) is 0 Å². The predicted octanol–water partition coefficient (Wildman–Crippen LogP) is -2.16. The number of amides is 3. The highest BCUT2D eigenvalue weighted by atomic mass is 32.1.